The van der Waals surface area contributed by atoms with E-state index in [0.717, 1.165) is 24.2 Å². The van der Waals surface area contributed by atoms with Crippen molar-refractivity contribution in [2.75, 3.05) is 6.54 Å². The summed E-state index contributed by atoms with van der Waals surface area (Å²) in [6.07, 6.45) is 2.23. The van der Waals surface area contributed by atoms with Gasteiger partial charge in [0.05, 0.1) is 0 Å². The number of urea groups is 1. The molecule has 3 atom stereocenters. The first-order chi connectivity index (χ1) is 13.2. The van der Waals surface area contributed by atoms with Crippen molar-refractivity contribution in [3.8, 4) is 0 Å². The van der Waals surface area contributed by atoms with Crippen LogP contribution < -0.4 is 5.32 Å². The van der Waals surface area contributed by atoms with Crippen LogP contribution in [0.15, 0.2) is 24.3 Å². The van der Waals surface area contributed by atoms with Crippen molar-refractivity contribution >= 4 is 35.3 Å². The minimum atomic E-state index is -1.04. The van der Waals surface area contributed by atoms with E-state index in [-0.39, 0.29) is 11.7 Å². The van der Waals surface area contributed by atoms with Gasteiger partial charge in [0.15, 0.2) is 6.10 Å². The maximum atomic E-state index is 12.9. The Morgan fingerprint density at radius 3 is 2.61 bits per heavy atom. The van der Waals surface area contributed by atoms with Gasteiger partial charge in [-0.15, -0.1) is 0 Å². The van der Waals surface area contributed by atoms with Gasteiger partial charge in [-0.25, -0.2) is 4.79 Å². The van der Waals surface area contributed by atoms with Crippen LogP contribution in [-0.2, 0) is 14.3 Å². The molecule has 1 heterocycles. The molecule has 1 saturated heterocycles. The molecule has 3 amide bonds. The van der Waals surface area contributed by atoms with Gasteiger partial charge in [0, 0.05) is 10.6 Å². The Labute approximate surface area is 168 Å². The Balaban J connectivity index is 1.62. The molecule has 1 spiro atoms. The Morgan fingerprint density at radius 1 is 1.29 bits per heavy atom. The van der Waals surface area contributed by atoms with Crippen LogP contribution in [0.2, 0.25) is 5.02 Å². The topological polar surface area (TPSA) is 92.8 Å². The van der Waals surface area contributed by atoms with Crippen molar-refractivity contribution in [3.63, 3.8) is 0 Å². The zero-order valence-corrected chi connectivity index (χ0v) is 16.6. The lowest BCUT2D eigenvalue weighted by molar-refractivity contribution is -0.150. The van der Waals surface area contributed by atoms with E-state index >= 15 is 0 Å². The van der Waals surface area contributed by atoms with Crippen molar-refractivity contribution in [2.24, 2.45) is 5.92 Å². The summed E-state index contributed by atoms with van der Waals surface area (Å²) in [7, 11) is 0. The Bertz CT molecular complexity index is 809. The lowest BCUT2D eigenvalue weighted by Crippen LogP contribution is -2.54. The van der Waals surface area contributed by atoms with Crippen LogP contribution in [0, 0.1) is 5.92 Å². The number of amides is 3. The van der Waals surface area contributed by atoms with Gasteiger partial charge in [0.2, 0.25) is 5.78 Å². The van der Waals surface area contributed by atoms with Crippen molar-refractivity contribution in [1.29, 1.82) is 0 Å². The molecule has 7 nitrogen and oxygen atoms in total. The van der Waals surface area contributed by atoms with Gasteiger partial charge in [0.1, 0.15) is 12.1 Å². The van der Waals surface area contributed by atoms with E-state index < -0.39 is 36.1 Å². The standard InChI is InChI=1S/C20H23ClN2O5/c1-12-5-3-4-10-20(12)18(26)23(19(27)22-20)11-16(24)28-13(2)17(25)14-6-8-15(21)9-7-14/h6-9,12-13H,3-5,10-11H2,1-2H3,(H,22,27)/t12-,13-,20-/m0/s1. The maximum absolute atomic E-state index is 12.9. The number of nitrogens with one attached hydrogen (secondary N) is 1. The van der Waals surface area contributed by atoms with Crippen LogP contribution in [-0.4, -0.2) is 46.8 Å². The molecule has 1 aliphatic heterocycles. The van der Waals surface area contributed by atoms with Crippen LogP contribution in [0.25, 0.3) is 0 Å². The first-order valence-corrected chi connectivity index (χ1v) is 9.76. The number of hydrogen-bond donors (Lipinski definition) is 1. The lowest BCUT2D eigenvalue weighted by atomic mass is 9.73. The van der Waals surface area contributed by atoms with Crippen LogP contribution in [0.4, 0.5) is 4.79 Å². The molecule has 1 aromatic rings. The highest BCUT2D eigenvalue weighted by Crippen LogP contribution is 2.38. The van der Waals surface area contributed by atoms with Crippen molar-refractivity contribution in [3.05, 3.63) is 34.9 Å². The van der Waals surface area contributed by atoms with Gasteiger partial charge in [-0.1, -0.05) is 31.4 Å². The summed E-state index contributed by atoms with van der Waals surface area (Å²) in [5, 5.41) is 3.27. The van der Waals surface area contributed by atoms with Crippen molar-refractivity contribution in [2.45, 2.75) is 51.2 Å². The third kappa shape index (κ3) is 3.76. The van der Waals surface area contributed by atoms with E-state index in [1.807, 2.05) is 6.92 Å². The highest BCUT2D eigenvalue weighted by molar-refractivity contribution is 6.30. The molecule has 8 heteroatoms. The van der Waals surface area contributed by atoms with Crippen LogP contribution >= 0.6 is 11.6 Å². The minimum Gasteiger partial charge on any atom is -0.453 e. The van der Waals surface area contributed by atoms with Crippen LogP contribution in [0.5, 0.6) is 0 Å². The minimum absolute atomic E-state index is 0.00382. The smallest absolute Gasteiger partial charge is 0.326 e. The van der Waals surface area contributed by atoms with E-state index in [0.29, 0.717) is 17.0 Å². The number of Topliss-reactive ketones (excluding diaryl/α,β-unsaturated/α-hetero) is 1. The van der Waals surface area contributed by atoms with E-state index in [1.165, 1.54) is 6.92 Å². The van der Waals surface area contributed by atoms with Gasteiger partial charge < -0.3 is 10.1 Å². The summed E-state index contributed by atoms with van der Waals surface area (Å²) in [6.45, 7) is 2.87. The van der Waals surface area contributed by atoms with E-state index in [9.17, 15) is 19.2 Å². The Hall–Kier alpha value is -2.41. The number of halogens is 1. The highest BCUT2D eigenvalue weighted by atomic mass is 35.5. The molecule has 3 rings (SSSR count). The third-order valence-corrected chi connectivity index (χ3v) is 5.85. The molecular weight excluding hydrogens is 384 g/mol. The highest BCUT2D eigenvalue weighted by Gasteiger charge is 2.55. The molecule has 2 aliphatic rings. The molecule has 150 valence electrons. The molecule has 1 aromatic carbocycles. The monoisotopic (exact) mass is 406 g/mol. The van der Waals surface area contributed by atoms with Gasteiger partial charge in [-0.2, -0.15) is 0 Å². The number of imide groups is 1. The average molecular weight is 407 g/mol. The second-order valence-corrected chi connectivity index (χ2v) is 7.88. The molecule has 28 heavy (non-hydrogen) atoms. The van der Waals surface area contributed by atoms with Gasteiger partial charge in [-0.3, -0.25) is 19.3 Å². The molecular formula is C20H23ClN2O5. The number of carbonyl (C=O) groups excluding carboxylic acids is 4. The molecule has 0 radical (unpaired) electrons. The van der Waals surface area contributed by atoms with Crippen molar-refractivity contribution in [1.82, 2.24) is 10.2 Å². The lowest BCUT2D eigenvalue weighted by Gasteiger charge is -2.36. The normalized spacial score (nSPS) is 25.5. The number of ether oxygens (including phenoxy) is 1. The third-order valence-electron chi connectivity index (χ3n) is 5.59. The first kappa shape index (κ1) is 20.3. The van der Waals surface area contributed by atoms with Gasteiger partial charge in [0.25, 0.3) is 5.91 Å². The SMILES string of the molecule is C[C@H](OC(=O)CN1C(=O)N[C@]2(CCCC[C@@H]2C)C1=O)C(=O)c1ccc(Cl)cc1. The fourth-order valence-corrected chi connectivity index (χ4v) is 4.03. The zero-order valence-electron chi connectivity index (χ0n) is 15.9. The fraction of sp³-hybridized carbons (Fsp3) is 0.500. The molecule has 0 unspecified atom stereocenters. The first-order valence-electron chi connectivity index (χ1n) is 9.38. The second-order valence-electron chi connectivity index (χ2n) is 7.44. The summed E-state index contributed by atoms with van der Waals surface area (Å²) in [4.78, 5) is 50.7. The second kappa shape index (κ2) is 7.91. The summed E-state index contributed by atoms with van der Waals surface area (Å²) in [5.74, 6) is -1.58. The Kier molecular flexibility index (Phi) is 5.74. The summed E-state index contributed by atoms with van der Waals surface area (Å²) >= 11 is 5.80. The zero-order chi connectivity index (χ0) is 20.5. The number of carbonyl (C=O) groups is 4. The largest absolute Gasteiger partial charge is 0.453 e. The number of hydrogen-bond acceptors (Lipinski definition) is 5. The number of nitrogens with zero attached hydrogens (tertiary/aromatic N) is 1. The maximum Gasteiger partial charge on any atom is 0.326 e. The number of ketones is 1. The van der Waals surface area contributed by atoms with Crippen LogP contribution in [0.3, 0.4) is 0 Å². The van der Waals surface area contributed by atoms with Gasteiger partial charge >= 0.3 is 12.0 Å². The molecule has 2 fully saturated rings. The molecule has 1 N–H and O–H groups in total. The molecule has 0 aromatic heterocycles. The number of benzene rings is 1. The molecule has 1 saturated carbocycles. The predicted octanol–water partition coefficient (Wildman–Crippen LogP) is 2.96. The van der Waals surface area contributed by atoms with E-state index in [4.69, 9.17) is 16.3 Å². The molecule has 0 bridgehead atoms. The summed E-state index contributed by atoms with van der Waals surface area (Å²) < 4.78 is 5.16. The molecule has 1 aliphatic carbocycles. The number of rotatable bonds is 5. The summed E-state index contributed by atoms with van der Waals surface area (Å²) in [5.41, 5.74) is -0.574. The predicted molar refractivity (Wildman–Crippen MR) is 102 cm³/mol. The quantitative estimate of drug-likeness (QED) is 0.461. The average Bonchev–Trinajstić information content (AvgIpc) is 2.89. The number of esters is 1. The van der Waals surface area contributed by atoms with E-state index in [2.05, 4.69) is 5.32 Å². The van der Waals surface area contributed by atoms with Crippen LogP contribution in [0.1, 0.15) is 49.9 Å². The van der Waals surface area contributed by atoms with Crippen molar-refractivity contribution < 1.29 is 23.9 Å². The Morgan fingerprint density at radius 2 is 1.96 bits per heavy atom. The summed E-state index contributed by atoms with van der Waals surface area (Å²) in [6, 6.07) is 5.64. The fourth-order valence-electron chi connectivity index (χ4n) is 3.90. The van der Waals surface area contributed by atoms with E-state index in [1.54, 1.807) is 24.3 Å². The van der Waals surface area contributed by atoms with Gasteiger partial charge in [-0.05, 0) is 49.9 Å².